The minimum atomic E-state index is -0.673. The molecule has 5 nitrogen and oxygen atoms in total. The van der Waals surface area contributed by atoms with E-state index >= 15 is 0 Å². The van der Waals surface area contributed by atoms with Crippen molar-refractivity contribution in [1.29, 1.82) is 0 Å². The molecule has 0 aliphatic heterocycles. The average Bonchev–Trinajstić information content (AvgIpc) is 2.88. The van der Waals surface area contributed by atoms with Crippen LogP contribution in [0.1, 0.15) is 37.3 Å². The Hall–Kier alpha value is -1.62. The molecular weight excluding hydrogens is 192 g/mol. The van der Waals surface area contributed by atoms with E-state index in [4.69, 9.17) is 0 Å². The molecule has 80 valence electrons. The van der Waals surface area contributed by atoms with Gasteiger partial charge in [0.2, 0.25) is 0 Å². The Morgan fingerprint density at radius 2 is 2.27 bits per heavy atom. The van der Waals surface area contributed by atoms with Gasteiger partial charge in [0, 0.05) is 24.0 Å². The fraction of sp³-hybridized carbons (Fsp3) is 0.400. The molecule has 1 atom stereocenters. The Labute approximate surface area is 87.7 Å². The number of H-pyrrole nitrogens is 1. The van der Waals surface area contributed by atoms with E-state index in [9.17, 15) is 5.11 Å². The second-order valence-electron chi connectivity index (χ2n) is 3.73. The number of rotatable bonds is 3. The van der Waals surface area contributed by atoms with E-state index in [0.29, 0.717) is 0 Å². The van der Waals surface area contributed by atoms with Crippen LogP contribution < -0.4 is 0 Å². The third kappa shape index (κ3) is 1.78. The van der Waals surface area contributed by atoms with Crippen LogP contribution in [0.5, 0.6) is 0 Å². The third-order valence-corrected chi connectivity index (χ3v) is 2.31. The molecule has 0 radical (unpaired) electrons. The molecular formula is C10H14N4O. The maximum absolute atomic E-state index is 10.1. The number of aromatic amines is 1. The van der Waals surface area contributed by atoms with Crippen LogP contribution in [0.15, 0.2) is 24.7 Å². The summed E-state index contributed by atoms with van der Waals surface area (Å²) in [5.41, 5.74) is 1.53. The van der Waals surface area contributed by atoms with Crippen LogP contribution in [0.4, 0.5) is 0 Å². The smallest absolute Gasteiger partial charge is 0.124 e. The van der Waals surface area contributed by atoms with Crippen molar-refractivity contribution in [3.05, 3.63) is 35.9 Å². The van der Waals surface area contributed by atoms with Gasteiger partial charge >= 0.3 is 0 Å². The van der Waals surface area contributed by atoms with Crippen molar-refractivity contribution in [3.63, 3.8) is 0 Å². The van der Waals surface area contributed by atoms with Gasteiger partial charge in [-0.2, -0.15) is 10.2 Å². The lowest BCUT2D eigenvalue weighted by Gasteiger charge is -2.14. The van der Waals surface area contributed by atoms with Crippen molar-refractivity contribution in [2.45, 2.75) is 26.0 Å². The molecule has 0 saturated heterocycles. The average molecular weight is 206 g/mol. The minimum Gasteiger partial charge on any atom is -0.382 e. The Bertz CT molecular complexity index is 418. The Kier molecular flexibility index (Phi) is 2.55. The SMILES string of the molecule is CC(C)n1nccc1C(O)c1cn[nH]c1. The van der Waals surface area contributed by atoms with E-state index in [1.807, 2.05) is 19.9 Å². The summed E-state index contributed by atoms with van der Waals surface area (Å²) in [5, 5.41) is 20.7. The number of aliphatic hydroxyl groups is 1. The molecule has 0 aliphatic carbocycles. The number of nitrogens with zero attached hydrogens (tertiary/aromatic N) is 3. The Morgan fingerprint density at radius 3 is 2.87 bits per heavy atom. The molecule has 0 amide bonds. The summed E-state index contributed by atoms with van der Waals surface area (Å²) < 4.78 is 1.80. The Balaban J connectivity index is 2.33. The van der Waals surface area contributed by atoms with Crippen LogP contribution in [0, 0.1) is 0 Å². The third-order valence-electron chi connectivity index (χ3n) is 2.31. The normalized spacial score (nSPS) is 13.3. The highest BCUT2D eigenvalue weighted by atomic mass is 16.3. The highest BCUT2D eigenvalue weighted by Gasteiger charge is 2.17. The van der Waals surface area contributed by atoms with Crippen molar-refractivity contribution in [2.24, 2.45) is 0 Å². The van der Waals surface area contributed by atoms with Crippen LogP contribution in [-0.2, 0) is 0 Å². The molecule has 5 heteroatoms. The molecule has 2 rings (SSSR count). The summed E-state index contributed by atoms with van der Waals surface area (Å²) in [7, 11) is 0. The van der Waals surface area contributed by atoms with Gasteiger partial charge in [0.05, 0.1) is 11.9 Å². The zero-order chi connectivity index (χ0) is 10.8. The number of hydrogen-bond donors (Lipinski definition) is 2. The number of aliphatic hydroxyl groups excluding tert-OH is 1. The first kappa shape index (κ1) is 9.92. The van der Waals surface area contributed by atoms with Crippen LogP contribution in [0.3, 0.4) is 0 Å². The topological polar surface area (TPSA) is 66.7 Å². The molecule has 1 unspecified atom stereocenters. The first-order valence-electron chi connectivity index (χ1n) is 4.90. The molecule has 2 heterocycles. The van der Waals surface area contributed by atoms with Crippen LogP contribution in [-0.4, -0.2) is 25.1 Å². The second kappa shape index (κ2) is 3.86. The minimum absolute atomic E-state index is 0.233. The summed E-state index contributed by atoms with van der Waals surface area (Å²) in [6, 6.07) is 2.05. The monoisotopic (exact) mass is 206 g/mol. The van der Waals surface area contributed by atoms with Gasteiger partial charge in [0.15, 0.2) is 0 Å². The van der Waals surface area contributed by atoms with Crippen LogP contribution in [0.2, 0.25) is 0 Å². The maximum atomic E-state index is 10.1. The van der Waals surface area contributed by atoms with Crippen molar-refractivity contribution >= 4 is 0 Å². The maximum Gasteiger partial charge on any atom is 0.124 e. The van der Waals surface area contributed by atoms with E-state index in [1.54, 1.807) is 23.3 Å². The Morgan fingerprint density at radius 1 is 1.47 bits per heavy atom. The van der Waals surface area contributed by atoms with E-state index < -0.39 is 6.10 Å². The molecule has 15 heavy (non-hydrogen) atoms. The zero-order valence-corrected chi connectivity index (χ0v) is 8.75. The number of aromatic nitrogens is 4. The van der Waals surface area contributed by atoms with Gasteiger partial charge in [0.1, 0.15) is 6.10 Å². The predicted octanol–water partition coefficient (Wildman–Crippen LogP) is 1.27. The summed E-state index contributed by atoms with van der Waals surface area (Å²) in [5.74, 6) is 0. The van der Waals surface area contributed by atoms with Gasteiger partial charge in [-0.1, -0.05) is 0 Å². The summed E-state index contributed by atoms with van der Waals surface area (Å²) in [4.78, 5) is 0. The molecule has 0 spiro atoms. The molecule has 2 aromatic rings. The van der Waals surface area contributed by atoms with Crippen LogP contribution >= 0.6 is 0 Å². The summed E-state index contributed by atoms with van der Waals surface area (Å²) >= 11 is 0. The van der Waals surface area contributed by atoms with Crippen molar-refractivity contribution < 1.29 is 5.11 Å². The number of hydrogen-bond acceptors (Lipinski definition) is 3. The van der Waals surface area contributed by atoms with Gasteiger partial charge in [-0.3, -0.25) is 9.78 Å². The lowest BCUT2D eigenvalue weighted by atomic mass is 10.1. The molecule has 0 bridgehead atoms. The van der Waals surface area contributed by atoms with E-state index in [0.717, 1.165) is 11.3 Å². The quantitative estimate of drug-likeness (QED) is 0.794. The van der Waals surface area contributed by atoms with Gasteiger partial charge in [-0.05, 0) is 19.9 Å². The molecule has 0 saturated carbocycles. The first-order chi connectivity index (χ1) is 7.20. The highest BCUT2D eigenvalue weighted by molar-refractivity contribution is 5.20. The predicted molar refractivity (Wildman–Crippen MR) is 55.3 cm³/mol. The fourth-order valence-electron chi connectivity index (χ4n) is 1.55. The molecule has 2 aromatic heterocycles. The summed E-state index contributed by atoms with van der Waals surface area (Å²) in [6.45, 7) is 4.05. The first-order valence-corrected chi connectivity index (χ1v) is 4.90. The van der Waals surface area contributed by atoms with E-state index in [1.165, 1.54) is 0 Å². The lowest BCUT2D eigenvalue weighted by molar-refractivity contribution is 0.205. The van der Waals surface area contributed by atoms with Gasteiger partial charge in [-0.15, -0.1) is 0 Å². The zero-order valence-electron chi connectivity index (χ0n) is 8.75. The second-order valence-corrected chi connectivity index (χ2v) is 3.73. The van der Waals surface area contributed by atoms with Crippen LogP contribution in [0.25, 0.3) is 0 Å². The molecule has 0 aliphatic rings. The van der Waals surface area contributed by atoms with E-state index in [-0.39, 0.29) is 6.04 Å². The fourth-order valence-corrected chi connectivity index (χ4v) is 1.55. The standard InChI is InChI=1S/C10H14N4O/c1-7(2)14-9(3-4-13-14)10(15)8-5-11-12-6-8/h3-7,10,15H,1-2H3,(H,11,12). The lowest BCUT2D eigenvalue weighted by Crippen LogP contribution is -2.11. The summed E-state index contributed by atoms with van der Waals surface area (Å²) in [6.07, 6.45) is 4.32. The molecule has 0 fully saturated rings. The molecule has 2 N–H and O–H groups in total. The highest BCUT2D eigenvalue weighted by Crippen LogP contribution is 2.22. The van der Waals surface area contributed by atoms with Crippen molar-refractivity contribution in [3.8, 4) is 0 Å². The molecule has 0 aromatic carbocycles. The van der Waals surface area contributed by atoms with E-state index in [2.05, 4.69) is 15.3 Å². The largest absolute Gasteiger partial charge is 0.382 e. The van der Waals surface area contributed by atoms with Crippen molar-refractivity contribution in [2.75, 3.05) is 0 Å². The van der Waals surface area contributed by atoms with Crippen molar-refractivity contribution in [1.82, 2.24) is 20.0 Å². The van der Waals surface area contributed by atoms with Gasteiger partial charge in [0.25, 0.3) is 0 Å². The number of nitrogens with one attached hydrogen (secondary N) is 1. The van der Waals surface area contributed by atoms with Gasteiger partial charge < -0.3 is 5.11 Å². The van der Waals surface area contributed by atoms with Gasteiger partial charge in [-0.25, -0.2) is 0 Å².